The molecule has 1 atom stereocenters. The maximum atomic E-state index is 10.0. The predicted molar refractivity (Wildman–Crippen MR) is 64.0 cm³/mol. The van der Waals surface area contributed by atoms with Gasteiger partial charge in [-0.1, -0.05) is 11.4 Å². The Morgan fingerprint density at radius 1 is 1.47 bits per heavy atom. The molecule has 17 heavy (non-hydrogen) atoms. The van der Waals surface area contributed by atoms with E-state index in [2.05, 4.69) is 14.6 Å². The average Bonchev–Trinajstić information content (AvgIpc) is 2.89. The van der Waals surface area contributed by atoms with Gasteiger partial charge in [-0.15, -0.1) is 5.10 Å². The van der Waals surface area contributed by atoms with Crippen molar-refractivity contribution in [1.29, 1.82) is 0 Å². The van der Waals surface area contributed by atoms with Gasteiger partial charge >= 0.3 is 0 Å². The lowest BCUT2D eigenvalue weighted by molar-refractivity contribution is 0.213. The second-order valence-corrected chi connectivity index (χ2v) is 4.14. The maximum absolute atomic E-state index is 10.0. The van der Waals surface area contributed by atoms with Crippen LogP contribution in [0.4, 0.5) is 0 Å². The molecule has 90 valence electrons. The van der Waals surface area contributed by atoms with E-state index in [4.69, 9.17) is 4.74 Å². The minimum atomic E-state index is -0.800. The normalized spacial score (nSPS) is 12.4. The molecule has 1 unspecified atom stereocenters. The van der Waals surface area contributed by atoms with Crippen LogP contribution in [-0.2, 0) is 0 Å². The number of aliphatic hydroxyl groups excluding tert-OH is 1. The monoisotopic (exact) mass is 251 g/mol. The highest BCUT2D eigenvalue weighted by Gasteiger charge is 2.14. The summed E-state index contributed by atoms with van der Waals surface area (Å²) in [6, 6.07) is 1.77. The van der Waals surface area contributed by atoms with E-state index in [9.17, 15) is 5.11 Å². The first-order chi connectivity index (χ1) is 8.31. The number of nitrogens with zero attached hydrogens (tertiary/aromatic N) is 3. The number of hydrogen-bond donors (Lipinski definition) is 1. The van der Waals surface area contributed by atoms with E-state index < -0.39 is 6.10 Å². The van der Waals surface area contributed by atoms with Crippen LogP contribution in [0.5, 0.6) is 5.75 Å². The third-order valence-electron chi connectivity index (χ3n) is 2.18. The molecule has 6 heteroatoms. The minimum absolute atomic E-state index is 0.532. The fourth-order valence-corrected chi connectivity index (χ4v) is 1.82. The molecule has 2 rings (SSSR count). The number of aliphatic hydroxyl groups is 1. The van der Waals surface area contributed by atoms with Crippen molar-refractivity contribution < 1.29 is 9.84 Å². The summed E-state index contributed by atoms with van der Waals surface area (Å²) < 4.78 is 9.18. The van der Waals surface area contributed by atoms with Crippen molar-refractivity contribution in [3.63, 3.8) is 0 Å². The van der Waals surface area contributed by atoms with E-state index in [1.54, 1.807) is 23.8 Å². The van der Waals surface area contributed by atoms with Crippen LogP contribution in [-0.4, -0.2) is 26.3 Å². The van der Waals surface area contributed by atoms with E-state index in [0.717, 1.165) is 6.42 Å². The largest absolute Gasteiger partial charge is 0.492 e. The van der Waals surface area contributed by atoms with Gasteiger partial charge in [0, 0.05) is 17.1 Å². The molecule has 0 aliphatic rings. The molecule has 0 fully saturated rings. The first-order valence-corrected chi connectivity index (χ1v) is 6.17. The van der Waals surface area contributed by atoms with Gasteiger partial charge < -0.3 is 9.84 Å². The van der Waals surface area contributed by atoms with Crippen LogP contribution in [0.15, 0.2) is 23.8 Å². The van der Waals surface area contributed by atoms with Gasteiger partial charge in [-0.05, 0) is 24.0 Å². The highest BCUT2D eigenvalue weighted by Crippen LogP contribution is 2.23. The van der Waals surface area contributed by atoms with Crippen LogP contribution in [0, 0.1) is 0 Å². The van der Waals surface area contributed by atoms with E-state index in [-0.39, 0.29) is 0 Å². The first-order valence-electron chi connectivity index (χ1n) is 5.34. The fourth-order valence-electron chi connectivity index (χ4n) is 1.35. The molecule has 0 amide bonds. The zero-order valence-corrected chi connectivity index (χ0v) is 10.2. The lowest BCUT2D eigenvalue weighted by atomic mass is 10.1. The second kappa shape index (κ2) is 5.70. The van der Waals surface area contributed by atoms with Crippen LogP contribution in [0.2, 0.25) is 0 Å². The van der Waals surface area contributed by atoms with Gasteiger partial charge in [0.2, 0.25) is 0 Å². The summed E-state index contributed by atoms with van der Waals surface area (Å²) in [5, 5.41) is 15.6. The lowest BCUT2D eigenvalue weighted by Gasteiger charge is -2.09. The molecule has 0 aliphatic heterocycles. The van der Waals surface area contributed by atoms with E-state index in [1.807, 2.05) is 6.92 Å². The van der Waals surface area contributed by atoms with Crippen molar-refractivity contribution in [2.75, 3.05) is 6.61 Å². The van der Waals surface area contributed by atoms with E-state index >= 15 is 0 Å². The van der Waals surface area contributed by atoms with Gasteiger partial charge in [0.25, 0.3) is 0 Å². The zero-order valence-electron chi connectivity index (χ0n) is 9.41. The third-order valence-corrected chi connectivity index (χ3v) is 2.70. The molecule has 0 radical (unpaired) electrons. The molecule has 0 aromatic carbocycles. The second-order valence-electron chi connectivity index (χ2n) is 3.53. The van der Waals surface area contributed by atoms with Crippen molar-refractivity contribution in [2.24, 2.45) is 0 Å². The number of pyridine rings is 1. The molecule has 2 heterocycles. The highest BCUT2D eigenvalue weighted by molar-refractivity contribution is 7.03. The van der Waals surface area contributed by atoms with Crippen LogP contribution >= 0.6 is 11.5 Å². The SMILES string of the molecule is CCCOc1cncc(C(O)c2csnn2)c1. The Morgan fingerprint density at radius 2 is 2.35 bits per heavy atom. The molecule has 0 spiro atoms. The summed E-state index contributed by atoms with van der Waals surface area (Å²) >= 11 is 1.21. The quantitative estimate of drug-likeness (QED) is 0.877. The van der Waals surface area contributed by atoms with E-state index in [0.29, 0.717) is 23.6 Å². The fraction of sp³-hybridized carbons (Fsp3) is 0.364. The molecular weight excluding hydrogens is 238 g/mol. The van der Waals surface area contributed by atoms with Gasteiger partial charge in [-0.25, -0.2) is 0 Å². The first kappa shape index (κ1) is 11.9. The molecular formula is C11H13N3O2S. The van der Waals surface area contributed by atoms with Crippen molar-refractivity contribution in [3.05, 3.63) is 35.1 Å². The minimum Gasteiger partial charge on any atom is -0.492 e. The van der Waals surface area contributed by atoms with Gasteiger partial charge in [0.05, 0.1) is 12.8 Å². The van der Waals surface area contributed by atoms with Gasteiger partial charge in [-0.3, -0.25) is 4.98 Å². The molecule has 5 nitrogen and oxygen atoms in total. The van der Waals surface area contributed by atoms with Crippen molar-refractivity contribution in [2.45, 2.75) is 19.4 Å². The summed E-state index contributed by atoms with van der Waals surface area (Å²) in [5.41, 5.74) is 1.19. The van der Waals surface area contributed by atoms with Crippen molar-refractivity contribution in [3.8, 4) is 5.75 Å². The van der Waals surface area contributed by atoms with Crippen molar-refractivity contribution >= 4 is 11.5 Å². The number of aromatic nitrogens is 3. The maximum Gasteiger partial charge on any atom is 0.137 e. The van der Waals surface area contributed by atoms with Crippen LogP contribution in [0.1, 0.15) is 30.7 Å². The Morgan fingerprint density at radius 3 is 3.06 bits per heavy atom. The Balaban J connectivity index is 2.15. The number of ether oxygens (including phenoxy) is 1. The molecule has 0 aliphatic carbocycles. The molecule has 1 N–H and O–H groups in total. The van der Waals surface area contributed by atoms with Crippen LogP contribution in [0.3, 0.4) is 0 Å². The molecule has 0 bridgehead atoms. The summed E-state index contributed by atoms with van der Waals surface area (Å²) in [6.07, 6.45) is 3.36. The number of rotatable bonds is 5. The summed E-state index contributed by atoms with van der Waals surface area (Å²) in [4.78, 5) is 4.04. The lowest BCUT2D eigenvalue weighted by Crippen LogP contribution is -2.02. The average molecular weight is 251 g/mol. The standard InChI is InChI=1S/C11H13N3O2S/c1-2-3-16-9-4-8(5-12-6-9)11(15)10-7-17-14-13-10/h4-7,11,15H,2-3H2,1H3. The zero-order chi connectivity index (χ0) is 12.1. The van der Waals surface area contributed by atoms with Gasteiger partial charge in [-0.2, -0.15) is 0 Å². The molecule has 0 saturated heterocycles. The number of hydrogen-bond acceptors (Lipinski definition) is 6. The Kier molecular flexibility index (Phi) is 4.00. The molecule has 0 saturated carbocycles. The van der Waals surface area contributed by atoms with Crippen LogP contribution in [0.25, 0.3) is 0 Å². The van der Waals surface area contributed by atoms with Crippen molar-refractivity contribution in [1.82, 2.24) is 14.6 Å². The van der Waals surface area contributed by atoms with Gasteiger partial charge in [0.1, 0.15) is 17.5 Å². The Hall–Kier alpha value is -1.53. The summed E-state index contributed by atoms with van der Waals surface area (Å²) in [5.74, 6) is 0.659. The van der Waals surface area contributed by atoms with Crippen LogP contribution < -0.4 is 4.74 Å². The molecule has 2 aromatic heterocycles. The topological polar surface area (TPSA) is 68.1 Å². The highest BCUT2D eigenvalue weighted by atomic mass is 32.1. The summed E-state index contributed by atoms with van der Waals surface area (Å²) in [7, 11) is 0. The summed E-state index contributed by atoms with van der Waals surface area (Å²) in [6.45, 7) is 2.67. The third kappa shape index (κ3) is 2.98. The van der Waals surface area contributed by atoms with Gasteiger partial charge in [0.15, 0.2) is 0 Å². The smallest absolute Gasteiger partial charge is 0.137 e. The Labute approximate surface area is 103 Å². The predicted octanol–water partition coefficient (Wildman–Crippen LogP) is 1.80. The molecule has 2 aromatic rings. The van der Waals surface area contributed by atoms with E-state index in [1.165, 1.54) is 11.5 Å². The Bertz CT molecular complexity index is 461.